The standard InChI is InChI=1S/C8H6N3/c1-2-5-9-7(3-1)8-4-6-10-11-8/h2-6H,(H,10,11). The minimum absolute atomic E-state index is 0.841. The van der Waals surface area contributed by atoms with Gasteiger partial charge in [0.2, 0.25) is 0 Å². The van der Waals surface area contributed by atoms with Gasteiger partial charge in [0.15, 0.2) is 0 Å². The maximum atomic E-state index is 4.11. The van der Waals surface area contributed by atoms with Crippen molar-refractivity contribution in [2.24, 2.45) is 0 Å². The molecule has 2 aromatic rings. The van der Waals surface area contributed by atoms with Gasteiger partial charge in [-0.25, -0.2) is 0 Å². The lowest BCUT2D eigenvalue weighted by molar-refractivity contribution is 1.09. The van der Waals surface area contributed by atoms with Crippen molar-refractivity contribution in [1.29, 1.82) is 0 Å². The van der Waals surface area contributed by atoms with E-state index in [2.05, 4.69) is 21.2 Å². The predicted molar refractivity (Wildman–Crippen MR) is 40.7 cm³/mol. The van der Waals surface area contributed by atoms with Crippen LogP contribution in [0.25, 0.3) is 11.4 Å². The van der Waals surface area contributed by atoms with Gasteiger partial charge in [0.05, 0.1) is 5.69 Å². The summed E-state index contributed by atoms with van der Waals surface area (Å²) in [5, 5.41) is 6.70. The normalized spacial score (nSPS) is 9.82. The van der Waals surface area contributed by atoms with Crippen molar-refractivity contribution >= 4 is 0 Å². The van der Waals surface area contributed by atoms with Crippen LogP contribution in [-0.4, -0.2) is 15.2 Å². The average Bonchev–Trinajstić information content (AvgIpc) is 2.58. The lowest BCUT2D eigenvalue weighted by atomic mass is 10.3. The smallest absolute Gasteiger partial charge is 0.110 e. The number of aromatic nitrogens is 3. The molecule has 0 aliphatic heterocycles. The first-order valence-electron chi connectivity index (χ1n) is 3.29. The first kappa shape index (κ1) is 6.09. The number of H-pyrrole nitrogens is 1. The number of hydrogen-bond acceptors (Lipinski definition) is 2. The van der Waals surface area contributed by atoms with Gasteiger partial charge >= 0.3 is 0 Å². The Morgan fingerprint density at radius 1 is 1.36 bits per heavy atom. The Bertz CT molecular complexity index is 312. The summed E-state index contributed by atoms with van der Waals surface area (Å²) in [6.45, 7) is 0. The zero-order valence-electron chi connectivity index (χ0n) is 5.78. The van der Waals surface area contributed by atoms with Crippen molar-refractivity contribution in [3.05, 3.63) is 36.7 Å². The fourth-order valence-electron chi connectivity index (χ4n) is 0.868. The third kappa shape index (κ3) is 1.12. The number of aromatic amines is 1. The van der Waals surface area contributed by atoms with Crippen LogP contribution in [0.5, 0.6) is 0 Å². The first-order chi connectivity index (χ1) is 5.47. The van der Waals surface area contributed by atoms with Gasteiger partial charge in [0, 0.05) is 12.4 Å². The highest BCUT2D eigenvalue weighted by Crippen LogP contribution is 2.10. The molecule has 1 N–H and O–H groups in total. The molecule has 0 atom stereocenters. The maximum Gasteiger partial charge on any atom is 0.110 e. The molecule has 1 radical (unpaired) electrons. The monoisotopic (exact) mass is 144 g/mol. The summed E-state index contributed by atoms with van der Waals surface area (Å²) >= 11 is 0. The molecule has 11 heavy (non-hydrogen) atoms. The van der Waals surface area contributed by atoms with E-state index in [-0.39, 0.29) is 0 Å². The summed E-state index contributed by atoms with van der Waals surface area (Å²) in [5.74, 6) is 0. The largest absolute Gasteiger partial charge is 0.285 e. The second-order valence-corrected chi connectivity index (χ2v) is 2.10. The molecule has 0 fully saturated rings. The second kappa shape index (κ2) is 2.54. The first-order valence-corrected chi connectivity index (χ1v) is 3.29. The Morgan fingerprint density at radius 2 is 2.36 bits per heavy atom. The Labute approximate surface area is 64.1 Å². The minimum atomic E-state index is 0.841. The van der Waals surface area contributed by atoms with Gasteiger partial charge in [-0.3, -0.25) is 10.1 Å². The number of nitrogens with zero attached hydrogens (tertiary/aromatic N) is 2. The Balaban J connectivity index is 2.46. The van der Waals surface area contributed by atoms with Crippen LogP contribution in [0.1, 0.15) is 0 Å². The zero-order valence-corrected chi connectivity index (χ0v) is 5.78. The summed E-state index contributed by atoms with van der Waals surface area (Å²) in [6.07, 6.45) is 3.47. The van der Waals surface area contributed by atoms with Crippen molar-refractivity contribution in [1.82, 2.24) is 15.2 Å². The van der Waals surface area contributed by atoms with E-state index in [0.29, 0.717) is 0 Å². The van der Waals surface area contributed by atoms with Crippen molar-refractivity contribution < 1.29 is 0 Å². The van der Waals surface area contributed by atoms with Crippen LogP contribution in [0.4, 0.5) is 0 Å². The van der Waals surface area contributed by atoms with E-state index in [1.54, 1.807) is 24.5 Å². The fraction of sp³-hybridized carbons (Fsp3) is 0. The molecule has 0 bridgehead atoms. The third-order valence-corrected chi connectivity index (χ3v) is 1.37. The van der Waals surface area contributed by atoms with Crippen molar-refractivity contribution in [2.75, 3.05) is 0 Å². The highest BCUT2D eigenvalue weighted by atomic mass is 15.1. The number of nitrogens with one attached hydrogen (secondary N) is 1. The Hall–Kier alpha value is -1.64. The van der Waals surface area contributed by atoms with E-state index in [4.69, 9.17) is 0 Å². The minimum Gasteiger partial charge on any atom is -0.285 e. The summed E-state index contributed by atoms with van der Waals surface area (Å²) in [6, 6.07) is 8.37. The topological polar surface area (TPSA) is 41.6 Å². The summed E-state index contributed by atoms with van der Waals surface area (Å²) in [5.41, 5.74) is 1.69. The number of hydrogen-bond donors (Lipinski definition) is 1. The van der Waals surface area contributed by atoms with Crippen LogP contribution < -0.4 is 0 Å². The lowest BCUT2D eigenvalue weighted by Crippen LogP contribution is -1.80. The van der Waals surface area contributed by atoms with Crippen LogP contribution in [0, 0.1) is 6.07 Å². The van der Waals surface area contributed by atoms with Crippen molar-refractivity contribution in [2.45, 2.75) is 0 Å². The molecule has 2 heterocycles. The maximum absolute atomic E-state index is 4.11. The van der Waals surface area contributed by atoms with Gasteiger partial charge in [-0.2, -0.15) is 5.10 Å². The molecule has 2 rings (SSSR count). The molecular formula is C8H6N3. The van der Waals surface area contributed by atoms with Crippen molar-refractivity contribution in [3.8, 4) is 11.4 Å². The molecule has 0 amide bonds. The van der Waals surface area contributed by atoms with Gasteiger partial charge in [0.1, 0.15) is 5.69 Å². The van der Waals surface area contributed by atoms with Crippen LogP contribution in [0.2, 0.25) is 0 Å². The zero-order chi connectivity index (χ0) is 7.52. The quantitative estimate of drug-likeness (QED) is 0.654. The number of rotatable bonds is 1. The SMILES string of the molecule is [c]1ccnc(-c2cc[nH]n2)c1. The van der Waals surface area contributed by atoms with E-state index in [1.165, 1.54) is 0 Å². The molecule has 0 saturated heterocycles. The van der Waals surface area contributed by atoms with Crippen LogP contribution in [0.3, 0.4) is 0 Å². The van der Waals surface area contributed by atoms with E-state index in [9.17, 15) is 0 Å². The van der Waals surface area contributed by atoms with Crippen LogP contribution in [-0.2, 0) is 0 Å². The van der Waals surface area contributed by atoms with E-state index in [0.717, 1.165) is 11.4 Å². The molecule has 0 saturated carbocycles. The van der Waals surface area contributed by atoms with Gasteiger partial charge in [0.25, 0.3) is 0 Å². The third-order valence-electron chi connectivity index (χ3n) is 1.37. The lowest BCUT2D eigenvalue weighted by Gasteiger charge is -1.90. The van der Waals surface area contributed by atoms with E-state index >= 15 is 0 Å². The Kier molecular flexibility index (Phi) is 1.41. The molecule has 3 heteroatoms. The molecule has 0 aromatic carbocycles. The molecule has 0 aliphatic rings. The van der Waals surface area contributed by atoms with Gasteiger partial charge in [-0.15, -0.1) is 0 Å². The molecule has 3 nitrogen and oxygen atoms in total. The molecule has 0 unspecified atom stereocenters. The van der Waals surface area contributed by atoms with E-state index in [1.807, 2.05) is 6.07 Å². The highest BCUT2D eigenvalue weighted by molar-refractivity contribution is 5.51. The summed E-state index contributed by atoms with van der Waals surface area (Å²) in [4.78, 5) is 4.11. The molecule has 53 valence electrons. The predicted octanol–water partition coefficient (Wildman–Crippen LogP) is 1.27. The highest BCUT2D eigenvalue weighted by Gasteiger charge is 1.97. The van der Waals surface area contributed by atoms with Gasteiger partial charge in [-0.05, 0) is 24.3 Å². The molecule has 2 aromatic heterocycles. The van der Waals surface area contributed by atoms with Gasteiger partial charge in [-0.1, -0.05) is 0 Å². The molecule has 0 aliphatic carbocycles. The summed E-state index contributed by atoms with van der Waals surface area (Å²) < 4.78 is 0. The molecular weight excluding hydrogens is 138 g/mol. The fourth-order valence-corrected chi connectivity index (χ4v) is 0.868. The average molecular weight is 144 g/mol. The van der Waals surface area contributed by atoms with Crippen LogP contribution >= 0.6 is 0 Å². The molecule has 0 spiro atoms. The van der Waals surface area contributed by atoms with Crippen LogP contribution in [0.15, 0.2) is 30.6 Å². The van der Waals surface area contributed by atoms with Gasteiger partial charge < -0.3 is 0 Å². The number of pyridine rings is 1. The second-order valence-electron chi connectivity index (χ2n) is 2.10. The van der Waals surface area contributed by atoms with E-state index < -0.39 is 0 Å². The van der Waals surface area contributed by atoms with Crippen molar-refractivity contribution in [3.63, 3.8) is 0 Å². The summed E-state index contributed by atoms with van der Waals surface area (Å²) in [7, 11) is 0. The Morgan fingerprint density at radius 3 is 3.00 bits per heavy atom.